The van der Waals surface area contributed by atoms with Crippen molar-refractivity contribution in [2.24, 2.45) is 5.41 Å². The van der Waals surface area contributed by atoms with E-state index >= 15 is 0 Å². The zero-order valence-electron chi connectivity index (χ0n) is 17.1. The molecular weight excluding hydrogens is 374 g/mol. The zero-order chi connectivity index (χ0) is 21.2. The Bertz CT molecular complexity index is 1110. The molecule has 1 unspecified atom stereocenters. The van der Waals surface area contributed by atoms with Crippen LogP contribution >= 0.6 is 0 Å². The number of carbonyl (C=O) groups excluding carboxylic acids is 3. The summed E-state index contributed by atoms with van der Waals surface area (Å²) in [4.78, 5) is 55.5. The Balaban J connectivity index is 2.04. The minimum absolute atomic E-state index is 0.105. The Morgan fingerprint density at radius 1 is 1.10 bits per heavy atom. The van der Waals surface area contributed by atoms with Gasteiger partial charge in [-0.25, -0.2) is 9.59 Å². The lowest BCUT2D eigenvalue weighted by Gasteiger charge is -2.51. The summed E-state index contributed by atoms with van der Waals surface area (Å²) >= 11 is 0. The third-order valence-electron chi connectivity index (χ3n) is 6.34. The molecule has 0 N–H and O–H groups in total. The molecule has 1 aromatic carbocycles. The number of fused-ring (bicyclic) bond motifs is 3. The molecule has 4 amide bonds. The van der Waals surface area contributed by atoms with Gasteiger partial charge in [0.15, 0.2) is 5.41 Å². The number of barbiturate groups is 1. The number of anilines is 1. The number of benzene rings is 1. The van der Waals surface area contributed by atoms with E-state index in [1.54, 1.807) is 13.0 Å². The molecule has 0 bridgehead atoms. The topological polar surface area (TPSA) is 91.1 Å². The molecule has 8 heteroatoms. The first-order valence-corrected chi connectivity index (χ1v) is 9.58. The van der Waals surface area contributed by atoms with Crippen molar-refractivity contribution in [3.8, 4) is 0 Å². The van der Waals surface area contributed by atoms with Crippen LogP contribution in [0.25, 0.3) is 11.0 Å². The monoisotopic (exact) mass is 397 g/mol. The zero-order valence-corrected chi connectivity index (χ0v) is 17.1. The first-order valence-electron chi connectivity index (χ1n) is 9.58. The molecule has 3 heterocycles. The highest BCUT2D eigenvalue weighted by Gasteiger charge is 2.62. The van der Waals surface area contributed by atoms with Crippen LogP contribution < -0.4 is 10.5 Å². The van der Waals surface area contributed by atoms with Crippen LogP contribution in [0.1, 0.15) is 25.0 Å². The molecule has 152 valence electrons. The quantitative estimate of drug-likeness (QED) is 0.539. The van der Waals surface area contributed by atoms with Crippen LogP contribution in [0.15, 0.2) is 27.4 Å². The Labute approximate surface area is 167 Å². The molecule has 1 fully saturated rings. The predicted molar refractivity (Wildman–Crippen MR) is 107 cm³/mol. The van der Waals surface area contributed by atoms with Gasteiger partial charge in [0.05, 0.1) is 11.3 Å². The standard InChI is InChI=1S/C21H23N3O5/c1-6-24-12(3)21(18(26)22(4)20(28)23(5)19(21)27)10-14-16(24)13-9-11(2)7-8-15(13)29-17(14)25/h7-9,12H,6,10H2,1-5H3. The third-order valence-corrected chi connectivity index (χ3v) is 6.34. The Morgan fingerprint density at radius 3 is 2.31 bits per heavy atom. The molecule has 0 saturated carbocycles. The molecular formula is C21H23N3O5. The van der Waals surface area contributed by atoms with E-state index in [-0.39, 0.29) is 6.42 Å². The van der Waals surface area contributed by atoms with Crippen LogP contribution in [-0.2, 0) is 16.0 Å². The van der Waals surface area contributed by atoms with E-state index in [1.807, 2.05) is 30.9 Å². The summed E-state index contributed by atoms with van der Waals surface area (Å²) < 4.78 is 5.52. The minimum Gasteiger partial charge on any atom is -0.422 e. The van der Waals surface area contributed by atoms with Gasteiger partial charge in [-0.2, -0.15) is 0 Å². The number of imide groups is 2. The van der Waals surface area contributed by atoms with Crippen LogP contribution in [0, 0.1) is 12.3 Å². The Kier molecular flexibility index (Phi) is 4.08. The first kappa shape index (κ1) is 19.2. The van der Waals surface area contributed by atoms with E-state index in [0.717, 1.165) is 20.7 Å². The molecule has 2 aliphatic heterocycles. The SMILES string of the molecule is CCN1c2c(c(=O)oc3ccc(C)cc23)CC2(C(=O)N(C)C(=O)N(C)C2=O)C1C. The molecule has 0 radical (unpaired) electrons. The van der Waals surface area contributed by atoms with Gasteiger partial charge in [-0.05, 0) is 32.9 Å². The first-order chi connectivity index (χ1) is 13.6. The van der Waals surface area contributed by atoms with Crippen LogP contribution in [0.4, 0.5) is 10.5 Å². The predicted octanol–water partition coefficient (Wildman–Crippen LogP) is 1.91. The maximum absolute atomic E-state index is 13.3. The number of aryl methyl sites for hydroxylation is 1. The second kappa shape index (κ2) is 6.17. The van der Waals surface area contributed by atoms with Crippen LogP contribution in [0.2, 0.25) is 0 Å². The molecule has 1 aromatic heterocycles. The molecule has 0 aliphatic carbocycles. The molecule has 2 aromatic rings. The van der Waals surface area contributed by atoms with Crippen molar-refractivity contribution in [2.45, 2.75) is 33.2 Å². The summed E-state index contributed by atoms with van der Waals surface area (Å²) in [6, 6.07) is 4.34. The van der Waals surface area contributed by atoms with Gasteiger partial charge in [0, 0.05) is 38.5 Å². The number of rotatable bonds is 1. The number of amides is 4. The number of nitrogens with zero attached hydrogens (tertiary/aromatic N) is 3. The van der Waals surface area contributed by atoms with E-state index in [9.17, 15) is 19.2 Å². The smallest absolute Gasteiger partial charge is 0.341 e. The average Bonchev–Trinajstić information content (AvgIpc) is 2.70. The van der Waals surface area contributed by atoms with E-state index in [0.29, 0.717) is 23.4 Å². The number of urea groups is 1. The molecule has 1 atom stereocenters. The number of hydrogen-bond acceptors (Lipinski definition) is 6. The van der Waals surface area contributed by atoms with E-state index < -0.39 is 34.9 Å². The summed E-state index contributed by atoms with van der Waals surface area (Å²) in [7, 11) is 2.72. The molecule has 8 nitrogen and oxygen atoms in total. The normalized spacial score (nSPS) is 21.3. The minimum atomic E-state index is -1.56. The van der Waals surface area contributed by atoms with Gasteiger partial charge in [-0.15, -0.1) is 0 Å². The Hall–Kier alpha value is -3.16. The lowest BCUT2D eigenvalue weighted by atomic mass is 9.68. The van der Waals surface area contributed by atoms with Crippen LogP contribution in [0.3, 0.4) is 0 Å². The van der Waals surface area contributed by atoms with E-state index in [4.69, 9.17) is 4.42 Å². The van der Waals surface area contributed by atoms with Gasteiger partial charge in [-0.1, -0.05) is 11.6 Å². The van der Waals surface area contributed by atoms with Crippen LogP contribution in [0.5, 0.6) is 0 Å². The molecule has 2 aliphatic rings. The summed E-state index contributed by atoms with van der Waals surface area (Å²) in [5.41, 5.74) is 0.333. The van der Waals surface area contributed by atoms with Gasteiger partial charge in [0.2, 0.25) is 11.8 Å². The summed E-state index contributed by atoms with van der Waals surface area (Å²) in [6.45, 7) is 6.14. The summed E-state index contributed by atoms with van der Waals surface area (Å²) in [5.74, 6) is -1.18. The average molecular weight is 397 g/mol. The van der Waals surface area contributed by atoms with Gasteiger partial charge >= 0.3 is 11.7 Å². The van der Waals surface area contributed by atoms with E-state index in [2.05, 4.69) is 0 Å². The van der Waals surface area contributed by atoms with Gasteiger partial charge in [0.25, 0.3) is 0 Å². The fourth-order valence-electron chi connectivity index (χ4n) is 4.74. The highest BCUT2D eigenvalue weighted by molar-refractivity contribution is 6.20. The fraction of sp³-hybridized carbons (Fsp3) is 0.429. The summed E-state index contributed by atoms with van der Waals surface area (Å²) in [5, 5.41) is 0.775. The summed E-state index contributed by atoms with van der Waals surface area (Å²) in [6.07, 6.45) is -0.105. The lowest BCUT2D eigenvalue weighted by molar-refractivity contribution is -0.158. The second-order valence-electron chi connectivity index (χ2n) is 7.84. The highest BCUT2D eigenvalue weighted by atomic mass is 16.4. The van der Waals surface area contributed by atoms with Crippen molar-refractivity contribution in [1.29, 1.82) is 0 Å². The highest BCUT2D eigenvalue weighted by Crippen LogP contribution is 2.46. The lowest BCUT2D eigenvalue weighted by Crippen LogP contribution is -2.71. The van der Waals surface area contributed by atoms with Crippen molar-refractivity contribution >= 4 is 34.5 Å². The molecule has 29 heavy (non-hydrogen) atoms. The molecule has 1 spiro atoms. The van der Waals surface area contributed by atoms with Crippen molar-refractivity contribution in [1.82, 2.24) is 9.80 Å². The van der Waals surface area contributed by atoms with Gasteiger partial charge in [-0.3, -0.25) is 19.4 Å². The van der Waals surface area contributed by atoms with E-state index in [1.165, 1.54) is 14.1 Å². The maximum Gasteiger partial charge on any atom is 0.341 e. The largest absolute Gasteiger partial charge is 0.422 e. The number of carbonyl (C=O) groups is 3. The van der Waals surface area contributed by atoms with Gasteiger partial charge in [0.1, 0.15) is 5.58 Å². The maximum atomic E-state index is 13.3. The fourth-order valence-corrected chi connectivity index (χ4v) is 4.74. The second-order valence-corrected chi connectivity index (χ2v) is 7.84. The van der Waals surface area contributed by atoms with Gasteiger partial charge < -0.3 is 9.32 Å². The van der Waals surface area contributed by atoms with Crippen molar-refractivity contribution in [2.75, 3.05) is 25.5 Å². The third kappa shape index (κ3) is 2.31. The van der Waals surface area contributed by atoms with Crippen LogP contribution in [-0.4, -0.2) is 54.3 Å². The van der Waals surface area contributed by atoms with Crippen molar-refractivity contribution in [3.05, 3.63) is 39.7 Å². The van der Waals surface area contributed by atoms with Crippen molar-refractivity contribution in [3.63, 3.8) is 0 Å². The molecule has 4 rings (SSSR count). The molecule has 1 saturated heterocycles. The van der Waals surface area contributed by atoms with Crippen molar-refractivity contribution < 1.29 is 18.8 Å². The Morgan fingerprint density at radius 2 is 1.72 bits per heavy atom. The number of hydrogen-bond donors (Lipinski definition) is 0.